The van der Waals surface area contributed by atoms with Crippen molar-refractivity contribution >= 4 is 46.9 Å². The quantitative estimate of drug-likeness (QED) is 0.0551. The van der Waals surface area contributed by atoms with E-state index in [2.05, 4.69) is 26.3 Å². The first-order valence-corrected chi connectivity index (χ1v) is 23.2. The maximum atomic E-state index is 12.0. The molecule has 0 aliphatic carbocycles. The Bertz CT molecular complexity index is 2100. The number of hydrogen-bond donors (Lipinski definition) is 10. The predicted octanol–water partition coefficient (Wildman–Crippen LogP) is -10.2. The minimum atomic E-state index is -5.68. The number of phosphoric ester groups is 2. The molecule has 4 rings (SSSR count). The zero-order valence-electron chi connectivity index (χ0n) is 28.9. The molecule has 0 bridgehead atoms. The van der Waals surface area contributed by atoms with Gasteiger partial charge in [-0.3, -0.25) is 37.7 Å². The molecule has 2 aliphatic rings. The number of H-pyrrole nitrogens is 2. The molecule has 10 atom stereocenters. The van der Waals surface area contributed by atoms with Gasteiger partial charge >= 0.3 is 117 Å². The summed E-state index contributed by atoms with van der Waals surface area (Å²) in [5.41, 5.74) is -3.08. The fourth-order valence-corrected chi connectivity index (χ4v) is 10.4. The SMILES string of the molecule is O=c1ccn([C@H]2C[C@H]([O-])[C@@H](COP(=O)(O)OP(=O)(O)OP(=O)(O)O)O2)c(=O)[nH]1.O=c1ccn([C@H]2C[C@H]([O-])[C@@H](COP(=O)(O)OP(=O)(O)OP(=O)(O)O)O2)c(=O)[nH]1.[Na+].[Na+]. The first-order chi connectivity index (χ1) is 25.3. The van der Waals surface area contributed by atoms with Crippen molar-refractivity contribution in [2.24, 2.45) is 0 Å². The second-order valence-electron chi connectivity index (χ2n) is 10.6. The van der Waals surface area contributed by atoms with Gasteiger partial charge in [-0.05, 0) is 12.8 Å². The van der Waals surface area contributed by atoms with Crippen molar-refractivity contribution in [3.63, 3.8) is 0 Å². The second kappa shape index (κ2) is 22.1. The van der Waals surface area contributed by atoms with Gasteiger partial charge in [0.1, 0.15) is 12.5 Å². The molecule has 58 heavy (non-hydrogen) atoms. The van der Waals surface area contributed by atoms with E-state index >= 15 is 0 Å². The van der Waals surface area contributed by atoms with E-state index in [0.29, 0.717) is 0 Å². The van der Waals surface area contributed by atoms with Gasteiger partial charge in [0.25, 0.3) is 11.1 Å². The Balaban J connectivity index is 0.000000561. The first kappa shape index (κ1) is 56.0. The minimum Gasteiger partial charge on any atom is -0.850 e. The molecule has 0 saturated carbocycles. The van der Waals surface area contributed by atoms with E-state index in [-0.39, 0.29) is 72.0 Å². The molecule has 0 radical (unpaired) electrons. The minimum absolute atomic E-state index is 0. The van der Waals surface area contributed by atoms with Crippen LogP contribution >= 0.6 is 46.9 Å². The van der Waals surface area contributed by atoms with Crippen molar-refractivity contribution in [2.45, 2.75) is 49.7 Å². The molecule has 320 valence electrons. The number of nitrogens with zero attached hydrogens (tertiary/aromatic N) is 2. The van der Waals surface area contributed by atoms with Crippen LogP contribution in [0.5, 0.6) is 0 Å². The molecular formula is C18H28N4Na2O28P6. The Kier molecular flexibility index (Phi) is 21.3. The Labute approximate surface area is 364 Å². The maximum Gasteiger partial charge on any atom is 1.00 e. The molecule has 2 fully saturated rings. The number of rotatable bonds is 16. The second-order valence-corrected chi connectivity index (χ2v) is 19.5. The molecule has 2 aromatic heterocycles. The van der Waals surface area contributed by atoms with Gasteiger partial charge in [-0.25, -0.2) is 37.0 Å². The molecule has 4 heterocycles. The van der Waals surface area contributed by atoms with Crippen molar-refractivity contribution in [1.29, 1.82) is 0 Å². The average molecular weight is 980 g/mol. The number of ether oxygens (including phenoxy) is 2. The normalized spacial score (nSPS) is 26.3. The van der Waals surface area contributed by atoms with Crippen LogP contribution in [0.3, 0.4) is 0 Å². The molecule has 2 aromatic rings. The Morgan fingerprint density at radius 3 is 1.17 bits per heavy atom. The van der Waals surface area contributed by atoms with Crippen molar-refractivity contribution < 1.29 is 172 Å². The third kappa shape index (κ3) is 19.2. The predicted molar refractivity (Wildman–Crippen MR) is 167 cm³/mol. The number of nitrogens with one attached hydrogen (secondary N) is 2. The van der Waals surface area contributed by atoms with E-state index in [0.717, 1.165) is 33.7 Å². The Hall–Kier alpha value is 0.0200. The van der Waals surface area contributed by atoms with Gasteiger partial charge in [-0.1, -0.05) is 12.2 Å². The molecule has 2 aliphatic heterocycles. The van der Waals surface area contributed by atoms with E-state index in [1.165, 1.54) is 0 Å². The first-order valence-electron chi connectivity index (χ1n) is 14.2. The largest absolute Gasteiger partial charge is 1.00 e. The van der Waals surface area contributed by atoms with E-state index in [1.54, 1.807) is 0 Å². The van der Waals surface area contributed by atoms with E-state index in [4.69, 9.17) is 38.8 Å². The summed E-state index contributed by atoms with van der Waals surface area (Å²) in [6, 6.07) is 2.01. The summed E-state index contributed by atoms with van der Waals surface area (Å²) in [6.07, 6.45) is -6.60. The van der Waals surface area contributed by atoms with Gasteiger partial charge in [0.15, 0.2) is 0 Å². The summed E-state index contributed by atoms with van der Waals surface area (Å²) < 4.78 is 102. The van der Waals surface area contributed by atoms with Gasteiger partial charge in [-0.2, -0.15) is 17.2 Å². The van der Waals surface area contributed by atoms with Crippen LogP contribution < -0.4 is 91.8 Å². The Morgan fingerprint density at radius 1 is 0.586 bits per heavy atom. The van der Waals surface area contributed by atoms with Crippen molar-refractivity contribution in [3.05, 3.63) is 66.2 Å². The molecule has 0 spiro atoms. The monoisotopic (exact) mass is 980 g/mol. The van der Waals surface area contributed by atoms with Crippen LogP contribution in [0.25, 0.3) is 0 Å². The molecule has 32 nitrogen and oxygen atoms in total. The summed E-state index contributed by atoms with van der Waals surface area (Å²) in [7, 11) is -33.2. The standard InChI is InChI=1S/2C9H14N2O14P3.2Na/c2*12-5-3-8(11-2-1-7(13)10-9(11)14)23-6(5)4-22-27(18,19)25-28(20,21)24-26(15,16)17;;/h2*1-2,5-6,8H,3-4H2,(H,18,19)(H,20,21)(H,10,13,14)(H2,15,16,17);;/q2*-1;2*+1/t2*5-,6+,8+;;/m00../s1. The molecule has 0 aromatic carbocycles. The molecule has 2 saturated heterocycles. The third-order valence-corrected chi connectivity index (χ3v) is 13.9. The van der Waals surface area contributed by atoms with Gasteiger partial charge in [-0.15, -0.1) is 0 Å². The molecular weight excluding hydrogens is 952 g/mol. The zero-order valence-corrected chi connectivity index (χ0v) is 38.3. The van der Waals surface area contributed by atoms with E-state index in [1.807, 2.05) is 9.97 Å². The number of hydrogen-bond acceptors (Lipinski definition) is 20. The number of phosphoric acid groups is 6. The summed E-state index contributed by atoms with van der Waals surface area (Å²) in [5.74, 6) is 0. The van der Waals surface area contributed by atoms with Crippen LogP contribution in [0.15, 0.2) is 43.7 Å². The van der Waals surface area contributed by atoms with Crippen LogP contribution in [-0.4, -0.2) is 95.9 Å². The zero-order chi connectivity index (χ0) is 42.7. The van der Waals surface area contributed by atoms with Gasteiger partial charge < -0.3 is 58.8 Å². The fourth-order valence-electron chi connectivity index (χ4n) is 4.29. The maximum absolute atomic E-state index is 12.0. The van der Waals surface area contributed by atoms with Crippen LogP contribution in [0.2, 0.25) is 0 Å². The summed E-state index contributed by atoms with van der Waals surface area (Å²) >= 11 is 0. The topological polar surface area (TPSA) is 494 Å². The van der Waals surface area contributed by atoms with Crippen molar-refractivity contribution in [2.75, 3.05) is 13.2 Å². The van der Waals surface area contributed by atoms with E-state index in [9.17, 15) is 66.6 Å². The Morgan fingerprint density at radius 2 is 0.897 bits per heavy atom. The van der Waals surface area contributed by atoms with Crippen molar-refractivity contribution in [1.82, 2.24) is 19.1 Å². The smallest absolute Gasteiger partial charge is 0.850 e. The summed E-state index contributed by atoms with van der Waals surface area (Å²) in [5, 5.41) is 23.9. The number of aromatic nitrogens is 4. The van der Waals surface area contributed by atoms with Crippen molar-refractivity contribution in [3.8, 4) is 0 Å². The average Bonchev–Trinajstić information content (AvgIpc) is 3.52. The van der Waals surface area contributed by atoms with Gasteiger partial charge in [0.05, 0.1) is 25.4 Å². The molecule has 10 N–H and O–H groups in total. The summed E-state index contributed by atoms with van der Waals surface area (Å²) in [4.78, 5) is 120. The van der Waals surface area contributed by atoms with E-state index < -0.39 is 120 Å². The molecule has 0 amide bonds. The van der Waals surface area contributed by atoms with Crippen LogP contribution in [0.1, 0.15) is 25.3 Å². The van der Waals surface area contributed by atoms with Gasteiger partial charge in [0, 0.05) is 24.5 Å². The third-order valence-electron chi connectivity index (χ3n) is 6.32. The van der Waals surface area contributed by atoms with Gasteiger partial charge in [0.2, 0.25) is 0 Å². The molecule has 40 heteroatoms. The number of aromatic amines is 2. The van der Waals surface area contributed by atoms with Crippen LogP contribution in [0.4, 0.5) is 0 Å². The fraction of sp³-hybridized carbons (Fsp3) is 0.556. The molecule has 4 unspecified atom stereocenters. The van der Waals surface area contributed by atoms with Crippen LogP contribution in [-0.2, 0) is 63.2 Å². The summed E-state index contributed by atoms with van der Waals surface area (Å²) in [6.45, 7) is -1.88. The van der Waals surface area contributed by atoms with Crippen LogP contribution in [0, 0.1) is 0 Å².